The fraction of sp³-hybridized carbons (Fsp3) is 0.500. The van der Waals surface area contributed by atoms with E-state index in [2.05, 4.69) is 5.32 Å². The molecule has 1 amide bonds. The Kier molecular flexibility index (Phi) is 4.48. The number of hydrogen-bond donors (Lipinski definition) is 1. The van der Waals surface area contributed by atoms with Crippen LogP contribution in [0.15, 0.2) is 24.3 Å². The number of alkyl halides is 1. The van der Waals surface area contributed by atoms with Crippen molar-refractivity contribution in [2.45, 2.75) is 44.1 Å². The Morgan fingerprint density at radius 3 is 2.50 bits per heavy atom. The van der Waals surface area contributed by atoms with E-state index in [0.29, 0.717) is 6.10 Å². The van der Waals surface area contributed by atoms with E-state index in [1.165, 1.54) is 12.8 Å². The molecular weight excluding hydrogens is 250 g/mol. The van der Waals surface area contributed by atoms with Gasteiger partial charge in [-0.2, -0.15) is 0 Å². The fourth-order valence-corrected chi connectivity index (χ4v) is 2.11. The molecule has 3 nitrogen and oxygen atoms in total. The van der Waals surface area contributed by atoms with Crippen molar-refractivity contribution in [1.82, 2.24) is 0 Å². The molecule has 2 rings (SSSR count). The van der Waals surface area contributed by atoms with E-state index in [-0.39, 0.29) is 5.91 Å². The number of hydrogen-bond acceptors (Lipinski definition) is 2. The van der Waals surface area contributed by atoms with Crippen molar-refractivity contribution in [3.8, 4) is 5.75 Å². The Hall–Kier alpha value is -1.22. The average molecular weight is 268 g/mol. The van der Waals surface area contributed by atoms with E-state index in [1.807, 2.05) is 24.3 Å². The summed E-state index contributed by atoms with van der Waals surface area (Å²) in [5.74, 6) is 0.667. The van der Waals surface area contributed by atoms with Crippen LogP contribution in [-0.2, 0) is 4.79 Å². The summed E-state index contributed by atoms with van der Waals surface area (Å²) in [6.45, 7) is 1.65. The number of ether oxygens (including phenoxy) is 1. The van der Waals surface area contributed by atoms with Crippen LogP contribution in [0.5, 0.6) is 5.75 Å². The Morgan fingerprint density at radius 1 is 1.33 bits per heavy atom. The highest BCUT2D eigenvalue weighted by Crippen LogP contribution is 2.25. The van der Waals surface area contributed by atoms with Gasteiger partial charge in [-0.05, 0) is 56.9 Å². The maximum absolute atomic E-state index is 11.4. The number of halogens is 1. The molecule has 1 aromatic carbocycles. The number of benzene rings is 1. The molecule has 0 heterocycles. The first-order chi connectivity index (χ1) is 8.65. The molecule has 1 aromatic rings. The van der Waals surface area contributed by atoms with Gasteiger partial charge in [-0.15, -0.1) is 11.6 Å². The molecule has 1 aliphatic rings. The summed E-state index contributed by atoms with van der Waals surface area (Å²) < 4.78 is 5.84. The summed E-state index contributed by atoms with van der Waals surface area (Å²) in [4.78, 5) is 11.4. The maximum atomic E-state index is 11.4. The highest BCUT2D eigenvalue weighted by atomic mass is 35.5. The van der Waals surface area contributed by atoms with Crippen LogP contribution < -0.4 is 10.1 Å². The van der Waals surface area contributed by atoms with Crippen molar-refractivity contribution >= 4 is 23.2 Å². The predicted octanol–water partition coefficient (Wildman–Crippen LogP) is 3.57. The van der Waals surface area contributed by atoms with Crippen LogP contribution in [0, 0.1) is 0 Å². The van der Waals surface area contributed by atoms with Crippen molar-refractivity contribution in [2.24, 2.45) is 0 Å². The fourth-order valence-electron chi connectivity index (χ4n) is 2.06. The second kappa shape index (κ2) is 6.10. The lowest BCUT2D eigenvalue weighted by Crippen LogP contribution is -2.20. The third-order valence-electron chi connectivity index (χ3n) is 3.09. The normalized spacial score (nSPS) is 17.4. The average Bonchev–Trinajstić information content (AvgIpc) is 2.84. The van der Waals surface area contributed by atoms with Gasteiger partial charge < -0.3 is 10.1 Å². The lowest BCUT2D eigenvalue weighted by atomic mass is 10.2. The summed E-state index contributed by atoms with van der Waals surface area (Å²) in [5, 5.41) is 2.21. The Balaban J connectivity index is 1.90. The lowest BCUT2D eigenvalue weighted by Gasteiger charge is -2.13. The van der Waals surface area contributed by atoms with Crippen molar-refractivity contribution in [3.63, 3.8) is 0 Å². The first-order valence-electron chi connectivity index (χ1n) is 6.37. The zero-order valence-corrected chi connectivity index (χ0v) is 11.2. The first-order valence-corrected chi connectivity index (χ1v) is 6.80. The summed E-state index contributed by atoms with van der Waals surface area (Å²) in [5.41, 5.74) is 0.742. The first kappa shape index (κ1) is 13.2. The Labute approximate surface area is 112 Å². The molecule has 1 aliphatic carbocycles. The van der Waals surface area contributed by atoms with Crippen molar-refractivity contribution in [3.05, 3.63) is 24.3 Å². The van der Waals surface area contributed by atoms with Gasteiger partial charge in [0.25, 0.3) is 0 Å². The van der Waals surface area contributed by atoms with Gasteiger partial charge in [0.1, 0.15) is 11.1 Å². The number of nitrogens with one attached hydrogen (secondary N) is 1. The molecular formula is C14H18ClNO2. The molecule has 0 aromatic heterocycles. The van der Waals surface area contributed by atoms with Gasteiger partial charge in [0.05, 0.1) is 6.10 Å². The van der Waals surface area contributed by atoms with Crippen molar-refractivity contribution in [2.75, 3.05) is 5.32 Å². The third kappa shape index (κ3) is 3.64. The molecule has 18 heavy (non-hydrogen) atoms. The van der Waals surface area contributed by atoms with Crippen LogP contribution in [0.1, 0.15) is 32.6 Å². The monoisotopic (exact) mass is 267 g/mol. The maximum Gasteiger partial charge on any atom is 0.242 e. The summed E-state index contributed by atoms with van der Waals surface area (Å²) in [6, 6.07) is 7.43. The van der Waals surface area contributed by atoms with Gasteiger partial charge in [-0.1, -0.05) is 0 Å². The number of rotatable bonds is 4. The minimum Gasteiger partial charge on any atom is -0.490 e. The quantitative estimate of drug-likeness (QED) is 0.847. The third-order valence-corrected chi connectivity index (χ3v) is 3.29. The van der Waals surface area contributed by atoms with Crippen molar-refractivity contribution in [1.29, 1.82) is 0 Å². The molecule has 1 atom stereocenters. The molecule has 0 bridgehead atoms. The van der Waals surface area contributed by atoms with Gasteiger partial charge >= 0.3 is 0 Å². The van der Waals surface area contributed by atoms with Crippen LogP contribution in [0.2, 0.25) is 0 Å². The van der Waals surface area contributed by atoms with Crippen LogP contribution >= 0.6 is 11.6 Å². The summed E-state index contributed by atoms with van der Waals surface area (Å²) >= 11 is 5.69. The Bertz CT molecular complexity index is 397. The Morgan fingerprint density at radius 2 is 1.94 bits per heavy atom. The molecule has 0 aliphatic heterocycles. The number of anilines is 1. The number of carbonyl (C=O) groups is 1. The van der Waals surface area contributed by atoms with Crippen LogP contribution in [-0.4, -0.2) is 17.4 Å². The predicted molar refractivity (Wildman–Crippen MR) is 73.3 cm³/mol. The van der Waals surface area contributed by atoms with E-state index >= 15 is 0 Å². The van der Waals surface area contributed by atoms with Crippen molar-refractivity contribution < 1.29 is 9.53 Å². The molecule has 4 heteroatoms. The van der Waals surface area contributed by atoms with Crippen LogP contribution in [0.4, 0.5) is 5.69 Å². The van der Waals surface area contributed by atoms with Gasteiger partial charge in [0.2, 0.25) is 5.91 Å². The van der Waals surface area contributed by atoms with E-state index in [0.717, 1.165) is 24.3 Å². The highest BCUT2D eigenvalue weighted by molar-refractivity contribution is 6.32. The number of carbonyl (C=O) groups excluding carboxylic acids is 1. The second-order valence-corrected chi connectivity index (χ2v) is 5.31. The van der Waals surface area contributed by atoms with E-state index in [4.69, 9.17) is 16.3 Å². The lowest BCUT2D eigenvalue weighted by molar-refractivity contribution is -0.115. The number of amides is 1. The molecule has 0 spiro atoms. The van der Waals surface area contributed by atoms with Gasteiger partial charge in [0, 0.05) is 5.69 Å². The molecule has 98 valence electrons. The second-order valence-electron chi connectivity index (χ2n) is 4.65. The molecule has 1 unspecified atom stereocenters. The van der Waals surface area contributed by atoms with Gasteiger partial charge in [-0.3, -0.25) is 4.79 Å². The van der Waals surface area contributed by atoms with Crippen LogP contribution in [0.25, 0.3) is 0 Å². The zero-order valence-electron chi connectivity index (χ0n) is 10.5. The van der Waals surface area contributed by atoms with Crippen LogP contribution in [0.3, 0.4) is 0 Å². The zero-order chi connectivity index (χ0) is 13.0. The minimum absolute atomic E-state index is 0.193. The molecule has 1 fully saturated rings. The minimum atomic E-state index is -0.528. The summed E-state index contributed by atoms with van der Waals surface area (Å²) in [7, 11) is 0. The molecule has 0 saturated heterocycles. The molecule has 1 saturated carbocycles. The smallest absolute Gasteiger partial charge is 0.242 e. The molecule has 0 radical (unpaired) electrons. The largest absolute Gasteiger partial charge is 0.490 e. The highest BCUT2D eigenvalue weighted by Gasteiger charge is 2.16. The topological polar surface area (TPSA) is 38.3 Å². The summed E-state index contributed by atoms with van der Waals surface area (Å²) in [6.07, 6.45) is 5.15. The van der Waals surface area contributed by atoms with E-state index < -0.39 is 5.38 Å². The van der Waals surface area contributed by atoms with E-state index in [1.54, 1.807) is 6.92 Å². The SMILES string of the molecule is CC(Cl)C(=O)Nc1ccc(OC2CCCC2)cc1. The molecule has 1 N–H and O–H groups in total. The van der Waals surface area contributed by atoms with Gasteiger partial charge in [0.15, 0.2) is 0 Å². The van der Waals surface area contributed by atoms with E-state index in [9.17, 15) is 4.79 Å². The van der Waals surface area contributed by atoms with Gasteiger partial charge in [-0.25, -0.2) is 0 Å². The standard InChI is InChI=1S/C14H18ClNO2/c1-10(15)14(17)16-11-6-8-13(9-7-11)18-12-4-2-3-5-12/h6-10,12H,2-5H2,1H3,(H,16,17).